The molecule has 0 radical (unpaired) electrons. The lowest BCUT2D eigenvalue weighted by molar-refractivity contribution is -0.129. The third kappa shape index (κ3) is 7.35. The zero-order valence-corrected chi connectivity index (χ0v) is 22.3. The van der Waals surface area contributed by atoms with Gasteiger partial charge < -0.3 is 20.1 Å². The molecule has 2 N–H and O–H groups in total. The van der Waals surface area contributed by atoms with Gasteiger partial charge in [-0.15, -0.1) is 0 Å². The van der Waals surface area contributed by atoms with Gasteiger partial charge in [0.05, 0.1) is 19.8 Å². The number of rotatable bonds is 9. The molecule has 35 heavy (non-hydrogen) atoms. The zero-order valence-electron chi connectivity index (χ0n) is 20.8. The Balaban J connectivity index is 1.74. The molecule has 1 saturated heterocycles. The number of carbonyl (C=O) groups excluding carboxylic acids is 2. The molecule has 8 heteroatoms. The van der Waals surface area contributed by atoms with Crippen LogP contribution in [0.15, 0.2) is 36.4 Å². The molecule has 2 aromatic carbocycles. The number of piperidine rings is 1. The Morgan fingerprint density at radius 3 is 2.43 bits per heavy atom. The predicted octanol–water partition coefficient (Wildman–Crippen LogP) is 5.34. The number of halogens is 2. The van der Waals surface area contributed by atoms with Gasteiger partial charge in [0, 0.05) is 27.4 Å². The second kappa shape index (κ2) is 12.1. The number of benzene rings is 2. The highest BCUT2D eigenvalue weighted by molar-refractivity contribution is 6.35. The van der Waals surface area contributed by atoms with E-state index >= 15 is 0 Å². The normalized spacial score (nSPS) is 15.4. The van der Waals surface area contributed by atoms with Crippen LogP contribution < -0.4 is 20.1 Å². The fraction of sp³-hybridized carbons (Fsp3) is 0.481. The molecular formula is C27H34Cl2N2O4. The van der Waals surface area contributed by atoms with Crippen molar-refractivity contribution in [2.75, 3.05) is 26.8 Å². The highest BCUT2D eigenvalue weighted by Gasteiger charge is 2.36. The molecule has 1 aliphatic heterocycles. The summed E-state index contributed by atoms with van der Waals surface area (Å²) >= 11 is 12.2. The number of carbonyl (C=O) groups is 2. The maximum atomic E-state index is 13.2. The number of hydrogen-bond acceptors (Lipinski definition) is 5. The molecule has 0 bridgehead atoms. The smallest absolute Gasteiger partial charge is 0.252 e. The van der Waals surface area contributed by atoms with Crippen LogP contribution in [0.3, 0.4) is 0 Å². The van der Waals surface area contributed by atoms with Gasteiger partial charge in [-0.05, 0) is 67.7 Å². The van der Waals surface area contributed by atoms with Crippen LogP contribution in [0.4, 0.5) is 0 Å². The summed E-state index contributed by atoms with van der Waals surface area (Å²) in [5.74, 6) is 0.808. The Morgan fingerprint density at radius 2 is 1.80 bits per heavy atom. The van der Waals surface area contributed by atoms with Crippen molar-refractivity contribution in [1.29, 1.82) is 0 Å². The van der Waals surface area contributed by atoms with Crippen molar-refractivity contribution >= 4 is 34.9 Å². The first-order valence-corrected chi connectivity index (χ1v) is 12.7. The Hall–Kier alpha value is -2.28. The van der Waals surface area contributed by atoms with Crippen molar-refractivity contribution in [2.45, 2.75) is 46.1 Å². The molecule has 0 saturated carbocycles. The molecule has 1 heterocycles. The number of ketones is 1. The molecule has 6 nitrogen and oxygen atoms in total. The lowest BCUT2D eigenvalue weighted by atomic mass is 9.78. The predicted molar refractivity (Wildman–Crippen MR) is 140 cm³/mol. The van der Waals surface area contributed by atoms with Crippen LogP contribution >= 0.6 is 23.2 Å². The van der Waals surface area contributed by atoms with Crippen LogP contribution in [0.2, 0.25) is 10.0 Å². The summed E-state index contributed by atoms with van der Waals surface area (Å²) in [6, 6.07) is 9.83. The third-order valence-corrected chi connectivity index (χ3v) is 6.82. The van der Waals surface area contributed by atoms with E-state index in [9.17, 15) is 9.59 Å². The van der Waals surface area contributed by atoms with Gasteiger partial charge in [0.1, 0.15) is 0 Å². The highest BCUT2D eigenvalue weighted by atomic mass is 35.5. The lowest BCUT2D eigenvalue weighted by Gasteiger charge is -2.34. The summed E-state index contributed by atoms with van der Waals surface area (Å²) < 4.78 is 11.4. The van der Waals surface area contributed by atoms with Crippen LogP contribution in [-0.4, -0.2) is 44.5 Å². The molecule has 3 rings (SSSR count). The Labute approximate surface area is 217 Å². The highest BCUT2D eigenvalue weighted by Crippen LogP contribution is 2.30. The van der Waals surface area contributed by atoms with Crippen molar-refractivity contribution < 1.29 is 19.1 Å². The number of amides is 1. The van der Waals surface area contributed by atoms with Gasteiger partial charge in [-0.2, -0.15) is 0 Å². The molecule has 1 atom stereocenters. The van der Waals surface area contributed by atoms with E-state index in [0.29, 0.717) is 40.1 Å². The van der Waals surface area contributed by atoms with E-state index in [1.807, 2.05) is 26.8 Å². The van der Waals surface area contributed by atoms with Gasteiger partial charge in [0.25, 0.3) is 5.91 Å². The van der Waals surface area contributed by atoms with Crippen LogP contribution in [0.25, 0.3) is 0 Å². The maximum Gasteiger partial charge on any atom is 0.252 e. The number of ether oxygens (including phenoxy) is 2. The van der Waals surface area contributed by atoms with Crippen molar-refractivity contribution in [2.24, 2.45) is 11.3 Å². The van der Waals surface area contributed by atoms with Crippen molar-refractivity contribution in [1.82, 2.24) is 10.6 Å². The summed E-state index contributed by atoms with van der Waals surface area (Å²) in [7, 11) is 1.55. The first kappa shape index (κ1) is 27.3. The molecule has 0 aliphatic carbocycles. The Bertz CT molecular complexity index is 1050. The first-order valence-electron chi connectivity index (χ1n) is 11.9. The summed E-state index contributed by atoms with van der Waals surface area (Å²) in [6.45, 7) is 7.69. The van der Waals surface area contributed by atoms with Gasteiger partial charge in [-0.3, -0.25) is 9.59 Å². The van der Waals surface area contributed by atoms with Crippen LogP contribution in [0, 0.1) is 11.3 Å². The topological polar surface area (TPSA) is 76.7 Å². The first-order chi connectivity index (χ1) is 16.6. The van der Waals surface area contributed by atoms with Gasteiger partial charge in [-0.1, -0.05) is 50.0 Å². The van der Waals surface area contributed by atoms with Crippen LogP contribution in [-0.2, 0) is 11.2 Å². The third-order valence-electron chi connectivity index (χ3n) is 6.23. The molecule has 0 aromatic heterocycles. The minimum Gasteiger partial charge on any atom is -0.493 e. The quantitative estimate of drug-likeness (QED) is 0.466. The zero-order chi connectivity index (χ0) is 25.6. The van der Waals surface area contributed by atoms with Crippen LogP contribution in [0.5, 0.6) is 11.5 Å². The van der Waals surface area contributed by atoms with Crippen molar-refractivity contribution in [3.8, 4) is 11.5 Å². The summed E-state index contributed by atoms with van der Waals surface area (Å²) in [4.78, 5) is 26.5. The number of methoxy groups -OCH3 is 1. The summed E-state index contributed by atoms with van der Waals surface area (Å²) in [5, 5.41) is 7.50. The lowest BCUT2D eigenvalue weighted by Crippen LogP contribution is -2.52. The summed E-state index contributed by atoms with van der Waals surface area (Å²) in [6.07, 6.45) is 2.25. The van der Waals surface area contributed by atoms with Gasteiger partial charge in [0.15, 0.2) is 17.3 Å². The van der Waals surface area contributed by atoms with Gasteiger partial charge in [-0.25, -0.2) is 0 Å². The van der Waals surface area contributed by atoms with Crippen molar-refractivity contribution in [3.63, 3.8) is 0 Å². The Morgan fingerprint density at radius 1 is 1.09 bits per heavy atom. The molecule has 1 amide bonds. The molecule has 1 aliphatic rings. The largest absolute Gasteiger partial charge is 0.493 e. The van der Waals surface area contributed by atoms with Crippen LogP contribution in [0.1, 0.15) is 49.5 Å². The van der Waals surface area contributed by atoms with E-state index < -0.39 is 11.5 Å². The van der Waals surface area contributed by atoms with E-state index in [0.717, 1.165) is 31.5 Å². The average Bonchev–Trinajstić information content (AvgIpc) is 2.83. The fourth-order valence-electron chi connectivity index (χ4n) is 4.19. The van der Waals surface area contributed by atoms with E-state index in [-0.39, 0.29) is 17.6 Å². The number of Topliss-reactive ketones (excluding diaryl/α,β-unsaturated/α-hetero) is 1. The van der Waals surface area contributed by atoms with Crippen molar-refractivity contribution in [3.05, 3.63) is 57.6 Å². The molecular weight excluding hydrogens is 487 g/mol. The van der Waals surface area contributed by atoms with Gasteiger partial charge in [0.2, 0.25) is 0 Å². The Kier molecular flexibility index (Phi) is 9.45. The maximum absolute atomic E-state index is 13.2. The average molecular weight is 521 g/mol. The summed E-state index contributed by atoms with van der Waals surface area (Å²) in [5.41, 5.74) is 0.764. The van der Waals surface area contributed by atoms with E-state index in [4.69, 9.17) is 32.7 Å². The monoisotopic (exact) mass is 520 g/mol. The van der Waals surface area contributed by atoms with E-state index in [2.05, 4.69) is 10.6 Å². The van der Waals surface area contributed by atoms with E-state index in [1.54, 1.807) is 37.4 Å². The second-order valence-corrected chi connectivity index (χ2v) is 10.7. The molecule has 2 aromatic rings. The standard InChI is InChI=1S/C27H34Cl2N2O4/c1-27(2,3)25(32)24(18-9-12-30-13-10-18)31-26(33)19-6-8-22(34-4)23(15-19)35-14-11-17-5-7-20(28)16-21(17)29/h5-8,15-16,18,24,30H,9-14H2,1-4H3,(H,31,33). The molecule has 190 valence electrons. The second-order valence-electron chi connectivity index (χ2n) is 9.85. The fourth-order valence-corrected chi connectivity index (χ4v) is 4.70. The molecule has 0 spiro atoms. The minimum atomic E-state index is -0.556. The molecule has 1 fully saturated rings. The minimum absolute atomic E-state index is 0.0441. The van der Waals surface area contributed by atoms with Gasteiger partial charge >= 0.3 is 0 Å². The van der Waals surface area contributed by atoms with E-state index in [1.165, 1.54) is 0 Å². The number of hydrogen-bond donors (Lipinski definition) is 2. The number of nitrogens with one attached hydrogen (secondary N) is 2. The molecule has 1 unspecified atom stereocenters. The SMILES string of the molecule is COc1ccc(C(=O)NC(C(=O)C(C)(C)C)C2CCNCC2)cc1OCCc1ccc(Cl)cc1Cl.